The molecule has 0 saturated carbocycles. The highest BCUT2D eigenvalue weighted by Crippen LogP contribution is 2.31. The van der Waals surface area contributed by atoms with Gasteiger partial charge in [-0.1, -0.05) is 0 Å². The number of hydrogen-bond donors (Lipinski definition) is 2. The van der Waals surface area contributed by atoms with Crippen LogP contribution in [0.3, 0.4) is 0 Å². The minimum atomic E-state index is -4.57. The van der Waals surface area contributed by atoms with Gasteiger partial charge in [0.25, 0.3) is 10.1 Å². The zero-order valence-corrected chi connectivity index (χ0v) is 9.49. The number of benzene rings is 1. The predicted molar refractivity (Wildman–Crippen MR) is 57.9 cm³/mol. The Labute approximate surface area is 96.3 Å². The molecule has 2 aromatic rings. The number of fused-ring (bicyclic) bond motifs is 1. The third-order valence-corrected chi connectivity index (χ3v) is 3.18. The van der Waals surface area contributed by atoms with Crippen LogP contribution in [-0.4, -0.2) is 23.1 Å². The number of rotatable bonds is 1. The van der Waals surface area contributed by atoms with Crippen molar-refractivity contribution in [2.24, 2.45) is 0 Å². The van der Waals surface area contributed by atoms with Crippen molar-refractivity contribution >= 4 is 21.0 Å². The maximum atomic E-state index is 13.3. The van der Waals surface area contributed by atoms with Gasteiger partial charge in [0.15, 0.2) is 11.6 Å². The lowest BCUT2D eigenvalue weighted by molar-refractivity contribution is 0.435. The summed E-state index contributed by atoms with van der Waals surface area (Å²) in [5.74, 6) is -1.89. The first-order chi connectivity index (χ1) is 7.80. The summed E-state index contributed by atoms with van der Waals surface area (Å²) in [6, 6.07) is 3.40. The molecule has 0 atom stereocenters. The Morgan fingerprint density at radius 3 is 2.59 bits per heavy atom. The van der Waals surface area contributed by atoms with Crippen molar-refractivity contribution in [3.8, 4) is 5.75 Å². The second kappa shape index (κ2) is 3.64. The van der Waals surface area contributed by atoms with E-state index in [9.17, 15) is 17.9 Å². The van der Waals surface area contributed by atoms with Crippen molar-refractivity contribution < 1.29 is 22.5 Å². The number of phenolic OH excluding ortho intramolecular Hbond substituents is 1. The van der Waals surface area contributed by atoms with Crippen LogP contribution in [-0.2, 0) is 10.1 Å². The van der Waals surface area contributed by atoms with E-state index in [1.54, 1.807) is 6.92 Å². The van der Waals surface area contributed by atoms with Crippen LogP contribution < -0.4 is 0 Å². The number of pyridine rings is 1. The lowest BCUT2D eigenvalue weighted by Crippen LogP contribution is -2.01. The maximum absolute atomic E-state index is 13.3. The van der Waals surface area contributed by atoms with Crippen LogP contribution in [0.2, 0.25) is 0 Å². The standard InChI is InChI=1S/C10H8FNO4S/c1-5-2-3-6-8(17(14,15)16)4-7(11)10(13)9(6)12-5/h2-4,13H,1H3,(H,14,15,16). The molecular formula is C10H8FNO4S. The van der Waals surface area contributed by atoms with Gasteiger partial charge in [-0.05, 0) is 25.1 Å². The molecule has 1 aromatic heterocycles. The van der Waals surface area contributed by atoms with Crippen molar-refractivity contribution in [1.29, 1.82) is 0 Å². The predicted octanol–water partition coefficient (Wildman–Crippen LogP) is 1.63. The van der Waals surface area contributed by atoms with Crippen LogP contribution in [0, 0.1) is 12.7 Å². The average Bonchev–Trinajstić information content (AvgIpc) is 2.22. The summed E-state index contributed by atoms with van der Waals surface area (Å²) in [6.07, 6.45) is 0. The lowest BCUT2D eigenvalue weighted by atomic mass is 10.2. The first kappa shape index (κ1) is 11.7. The molecule has 0 aliphatic heterocycles. The molecule has 7 heteroatoms. The molecule has 0 unspecified atom stereocenters. The van der Waals surface area contributed by atoms with Gasteiger partial charge in [0.1, 0.15) is 10.4 Å². The molecule has 1 aromatic carbocycles. The monoisotopic (exact) mass is 257 g/mol. The van der Waals surface area contributed by atoms with E-state index in [0.29, 0.717) is 11.8 Å². The smallest absolute Gasteiger partial charge is 0.295 e. The molecule has 0 aliphatic carbocycles. The van der Waals surface area contributed by atoms with Crippen LogP contribution in [0.15, 0.2) is 23.1 Å². The van der Waals surface area contributed by atoms with Crippen LogP contribution in [0.5, 0.6) is 5.75 Å². The minimum Gasteiger partial charge on any atom is -0.503 e. The molecular weight excluding hydrogens is 249 g/mol. The van der Waals surface area contributed by atoms with Crippen molar-refractivity contribution in [2.45, 2.75) is 11.8 Å². The third-order valence-electron chi connectivity index (χ3n) is 2.29. The highest BCUT2D eigenvalue weighted by Gasteiger charge is 2.20. The topological polar surface area (TPSA) is 87.5 Å². The largest absolute Gasteiger partial charge is 0.503 e. The van der Waals surface area contributed by atoms with Gasteiger partial charge < -0.3 is 5.11 Å². The van der Waals surface area contributed by atoms with Gasteiger partial charge in [0.05, 0.1) is 0 Å². The summed E-state index contributed by atoms with van der Waals surface area (Å²) in [5, 5.41) is 9.43. The molecule has 2 rings (SSSR count). The Kier molecular flexibility index (Phi) is 2.52. The number of aryl methyl sites for hydroxylation is 1. The van der Waals surface area contributed by atoms with E-state index in [1.165, 1.54) is 12.1 Å². The van der Waals surface area contributed by atoms with E-state index in [-0.39, 0.29) is 10.9 Å². The van der Waals surface area contributed by atoms with Gasteiger partial charge >= 0.3 is 0 Å². The second-order valence-corrected chi connectivity index (χ2v) is 4.92. The number of nitrogens with zero attached hydrogens (tertiary/aromatic N) is 1. The SMILES string of the molecule is Cc1ccc2c(S(=O)(=O)O)cc(F)c(O)c2n1. The van der Waals surface area contributed by atoms with Crippen LogP contribution in [0.4, 0.5) is 4.39 Å². The Morgan fingerprint density at radius 1 is 1.35 bits per heavy atom. The Morgan fingerprint density at radius 2 is 2.00 bits per heavy atom. The fraction of sp³-hybridized carbons (Fsp3) is 0.100. The molecule has 0 bridgehead atoms. The van der Waals surface area contributed by atoms with Gasteiger partial charge in [-0.25, -0.2) is 9.37 Å². The zero-order chi connectivity index (χ0) is 12.8. The quantitative estimate of drug-likeness (QED) is 0.758. The summed E-state index contributed by atoms with van der Waals surface area (Å²) in [6.45, 7) is 1.61. The van der Waals surface area contributed by atoms with E-state index in [0.717, 1.165) is 0 Å². The number of halogens is 1. The molecule has 0 fully saturated rings. The second-order valence-electron chi connectivity index (χ2n) is 3.53. The lowest BCUT2D eigenvalue weighted by Gasteiger charge is -2.07. The molecule has 0 aliphatic rings. The third kappa shape index (κ3) is 1.94. The Bertz CT molecular complexity index is 712. The van der Waals surface area contributed by atoms with E-state index in [1.807, 2.05) is 0 Å². The van der Waals surface area contributed by atoms with Crippen molar-refractivity contribution in [2.75, 3.05) is 0 Å². The number of hydrogen-bond acceptors (Lipinski definition) is 4. The fourth-order valence-corrected chi connectivity index (χ4v) is 2.22. The highest BCUT2D eigenvalue weighted by molar-refractivity contribution is 7.86. The number of aromatic nitrogens is 1. The van der Waals surface area contributed by atoms with Crippen molar-refractivity contribution in [3.05, 3.63) is 29.7 Å². The van der Waals surface area contributed by atoms with E-state index in [2.05, 4.69) is 4.98 Å². The molecule has 0 radical (unpaired) electrons. The van der Waals surface area contributed by atoms with Crippen molar-refractivity contribution in [1.82, 2.24) is 4.98 Å². The molecule has 90 valence electrons. The highest BCUT2D eigenvalue weighted by atomic mass is 32.2. The zero-order valence-electron chi connectivity index (χ0n) is 8.68. The van der Waals surface area contributed by atoms with E-state index in [4.69, 9.17) is 4.55 Å². The fourth-order valence-electron chi connectivity index (χ4n) is 1.52. The Balaban J connectivity index is 3.03. The van der Waals surface area contributed by atoms with Gasteiger partial charge in [-0.2, -0.15) is 8.42 Å². The number of aromatic hydroxyl groups is 1. The first-order valence-electron chi connectivity index (χ1n) is 4.57. The summed E-state index contributed by atoms with van der Waals surface area (Å²) >= 11 is 0. The summed E-state index contributed by atoms with van der Waals surface area (Å²) in [7, 11) is -4.57. The average molecular weight is 257 g/mol. The van der Waals surface area contributed by atoms with Crippen LogP contribution in [0.1, 0.15) is 5.69 Å². The van der Waals surface area contributed by atoms with Gasteiger partial charge in [0.2, 0.25) is 0 Å². The molecule has 0 spiro atoms. The summed E-state index contributed by atoms with van der Waals surface area (Å²) < 4.78 is 44.4. The van der Waals surface area contributed by atoms with Gasteiger partial charge in [-0.3, -0.25) is 4.55 Å². The normalized spacial score (nSPS) is 11.9. The van der Waals surface area contributed by atoms with Gasteiger partial charge in [0, 0.05) is 11.1 Å². The van der Waals surface area contributed by atoms with Gasteiger partial charge in [-0.15, -0.1) is 0 Å². The molecule has 0 amide bonds. The first-order valence-corrected chi connectivity index (χ1v) is 6.01. The molecule has 17 heavy (non-hydrogen) atoms. The maximum Gasteiger partial charge on any atom is 0.295 e. The Hall–Kier alpha value is -1.73. The summed E-state index contributed by atoms with van der Waals surface area (Å²) in [4.78, 5) is 3.23. The van der Waals surface area contributed by atoms with Crippen molar-refractivity contribution in [3.63, 3.8) is 0 Å². The summed E-state index contributed by atoms with van der Waals surface area (Å²) in [5.41, 5.74) is 0.289. The molecule has 1 heterocycles. The molecule has 0 saturated heterocycles. The van der Waals surface area contributed by atoms with E-state index < -0.39 is 26.6 Å². The molecule has 5 nitrogen and oxygen atoms in total. The van der Waals surface area contributed by atoms with Crippen LogP contribution in [0.25, 0.3) is 10.9 Å². The number of phenols is 1. The van der Waals surface area contributed by atoms with E-state index >= 15 is 0 Å². The minimum absolute atomic E-state index is 0.0306. The van der Waals surface area contributed by atoms with Crippen LogP contribution >= 0.6 is 0 Å². The molecule has 2 N–H and O–H groups in total.